The number of hydrogen-bond acceptors (Lipinski definition) is 4. The van der Waals surface area contributed by atoms with E-state index < -0.39 is 12.0 Å². The summed E-state index contributed by atoms with van der Waals surface area (Å²) in [6.07, 6.45) is -1.19. The Balaban J connectivity index is 2.17. The van der Waals surface area contributed by atoms with Gasteiger partial charge in [-0.05, 0) is 41.5 Å². The monoisotopic (exact) mass is 393 g/mol. The Morgan fingerprint density at radius 3 is 2.00 bits per heavy atom. The van der Waals surface area contributed by atoms with Crippen LogP contribution in [0.3, 0.4) is 0 Å². The molecule has 1 N–H and O–H groups in total. The predicted molar refractivity (Wildman–Crippen MR) is 113 cm³/mol. The van der Waals surface area contributed by atoms with Crippen LogP contribution in [-0.2, 0) is 11.2 Å². The van der Waals surface area contributed by atoms with Crippen molar-refractivity contribution in [1.82, 2.24) is 0 Å². The molecule has 0 aromatic heterocycles. The van der Waals surface area contributed by atoms with Crippen LogP contribution in [0.5, 0.6) is 0 Å². The van der Waals surface area contributed by atoms with E-state index >= 15 is 0 Å². The highest BCUT2D eigenvalue weighted by molar-refractivity contribution is 6.35. The number of benzene rings is 2. The molecule has 0 aliphatic carbocycles. The minimum absolute atomic E-state index is 0.00817. The van der Waals surface area contributed by atoms with Gasteiger partial charge in [-0.25, -0.2) is 4.90 Å². The summed E-state index contributed by atoms with van der Waals surface area (Å²) in [6, 6.07) is 10.9. The first-order valence-electron chi connectivity index (χ1n) is 9.97. The topological polar surface area (TPSA) is 74.7 Å². The second-order valence-corrected chi connectivity index (χ2v) is 8.21. The number of rotatable bonds is 6. The number of amides is 2. The molecule has 1 atom stereocenters. The van der Waals surface area contributed by atoms with Crippen molar-refractivity contribution < 1.29 is 19.5 Å². The Morgan fingerprint density at radius 1 is 0.931 bits per heavy atom. The van der Waals surface area contributed by atoms with Gasteiger partial charge >= 0.3 is 0 Å². The molecule has 5 nitrogen and oxygen atoms in total. The maximum Gasteiger partial charge on any atom is 0.266 e. The van der Waals surface area contributed by atoms with Crippen LogP contribution in [0.2, 0.25) is 0 Å². The highest BCUT2D eigenvalue weighted by atomic mass is 16.3. The molecule has 2 aromatic carbocycles. The molecule has 152 valence electrons. The zero-order valence-electron chi connectivity index (χ0n) is 17.5. The van der Waals surface area contributed by atoms with Crippen molar-refractivity contribution in [2.45, 2.75) is 59.0 Å². The highest BCUT2D eigenvalue weighted by Gasteiger charge is 2.40. The van der Waals surface area contributed by atoms with Crippen molar-refractivity contribution in [1.29, 1.82) is 0 Å². The van der Waals surface area contributed by atoms with Crippen LogP contribution in [0, 0.1) is 0 Å². The van der Waals surface area contributed by atoms with E-state index in [2.05, 4.69) is 0 Å². The van der Waals surface area contributed by atoms with Gasteiger partial charge in [0.15, 0.2) is 5.78 Å². The number of carbonyl (C=O) groups excluding carboxylic acids is 3. The van der Waals surface area contributed by atoms with E-state index in [9.17, 15) is 19.5 Å². The normalized spacial score (nSPS) is 14.7. The molecule has 0 bridgehead atoms. The molecule has 0 spiro atoms. The molecule has 1 heterocycles. The Bertz CT molecular complexity index is 964. The summed E-state index contributed by atoms with van der Waals surface area (Å²) in [5, 5.41) is 10.0. The number of Topliss-reactive ketones (excluding diaryl/α,β-unsaturated/α-hetero) is 1. The lowest BCUT2D eigenvalue weighted by molar-refractivity contribution is -0.124. The lowest BCUT2D eigenvalue weighted by atomic mass is 9.92. The number of aliphatic hydroxyl groups excluding tert-OH is 1. The molecule has 5 heteroatoms. The van der Waals surface area contributed by atoms with Crippen LogP contribution >= 0.6 is 0 Å². The van der Waals surface area contributed by atoms with Crippen molar-refractivity contribution in [3.63, 3.8) is 0 Å². The van der Waals surface area contributed by atoms with Crippen LogP contribution in [0.4, 0.5) is 5.69 Å². The van der Waals surface area contributed by atoms with Gasteiger partial charge in [0.1, 0.15) is 6.10 Å². The summed E-state index contributed by atoms with van der Waals surface area (Å²) < 4.78 is 0. The van der Waals surface area contributed by atoms with Gasteiger partial charge in [0, 0.05) is 6.42 Å². The number of nitrogens with zero attached hydrogens (tertiary/aromatic N) is 1. The van der Waals surface area contributed by atoms with Crippen molar-refractivity contribution in [3.8, 4) is 0 Å². The maximum atomic E-state index is 13.5. The summed E-state index contributed by atoms with van der Waals surface area (Å²) in [5.74, 6) is -0.868. The molecule has 29 heavy (non-hydrogen) atoms. The minimum Gasteiger partial charge on any atom is -0.385 e. The van der Waals surface area contributed by atoms with E-state index in [4.69, 9.17) is 0 Å². The number of para-hydroxylation sites is 1. The van der Waals surface area contributed by atoms with Crippen LogP contribution in [0.25, 0.3) is 0 Å². The predicted octanol–water partition coefficient (Wildman–Crippen LogP) is 4.23. The lowest BCUT2D eigenvalue weighted by Crippen LogP contribution is -2.32. The van der Waals surface area contributed by atoms with Gasteiger partial charge in [-0.15, -0.1) is 0 Å². The van der Waals surface area contributed by atoms with Crippen molar-refractivity contribution in [2.75, 3.05) is 4.90 Å². The van der Waals surface area contributed by atoms with E-state index in [1.807, 2.05) is 45.9 Å². The molecule has 1 unspecified atom stereocenters. The molecule has 1 aliphatic rings. The molecule has 0 fully saturated rings. The standard InChI is InChI=1S/C24H27NO4/c1-13(2)17-9-7-10-18(14(3)4)22(17)25-23(28)19-11-6-8-16(21(19)24(25)29)12-20(27)15(5)26/h6-11,13-14,20,27H,12H2,1-5H3. The molecule has 2 aromatic rings. The molecule has 2 amide bonds. The molecular formula is C24H27NO4. The summed E-state index contributed by atoms with van der Waals surface area (Å²) in [4.78, 5) is 39.6. The van der Waals surface area contributed by atoms with Crippen LogP contribution in [0.15, 0.2) is 36.4 Å². The number of hydrogen-bond donors (Lipinski definition) is 1. The molecule has 3 rings (SSSR count). The zero-order valence-corrected chi connectivity index (χ0v) is 17.5. The third-order valence-corrected chi connectivity index (χ3v) is 5.45. The highest BCUT2D eigenvalue weighted by Crippen LogP contribution is 2.40. The minimum atomic E-state index is -1.20. The number of anilines is 1. The Kier molecular flexibility index (Phi) is 5.71. The maximum absolute atomic E-state index is 13.5. The summed E-state index contributed by atoms with van der Waals surface area (Å²) >= 11 is 0. The van der Waals surface area contributed by atoms with Gasteiger partial charge in [0.2, 0.25) is 0 Å². The van der Waals surface area contributed by atoms with E-state index in [-0.39, 0.29) is 35.5 Å². The average Bonchev–Trinajstić information content (AvgIpc) is 2.92. The van der Waals surface area contributed by atoms with Crippen LogP contribution < -0.4 is 4.90 Å². The van der Waals surface area contributed by atoms with Crippen molar-refractivity contribution in [2.24, 2.45) is 0 Å². The molecule has 0 radical (unpaired) electrons. The van der Waals surface area contributed by atoms with E-state index in [1.165, 1.54) is 11.8 Å². The van der Waals surface area contributed by atoms with E-state index in [1.54, 1.807) is 18.2 Å². The van der Waals surface area contributed by atoms with Gasteiger partial charge in [-0.2, -0.15) is 0 Å². The van der Waals surface area contributed by atoms with Crippen LogP contribution in [0.1, 0.15) is 83.9 Å². The average molecular weight is 393 g/mol. The van der Waals surface area contributed by atoms with Crippen LogP contribution in [-0.4, -0.2) is 28.8 Å². The van der Waals surface area contributed by atoms with Gasteiger partial charge in [0.05, 0.1) is 16.8 Å². The largest absolute Gasteiger partial charge is 0.385 e. The Labute approximate surface area is 171 Å². The molecule has 0 saturated carbocycles. The zero-order chi connectivity index (χ0) is 21.5. The van der Waals surface area contributed by atoms with Gasteiger partial charge in [-0.1, -0.05) is 58.0 Å². The number of imide groups is 1. The molecular weight excluding hydrogens is 366 g/mol. The first-order chi connectivity index (χ1) is 13.6. The van der Waals surface area contributed by atoms with Gasteiger partial charge in [-0.3, -0.25) is 14.4 Å². The van der Waals surface area contributed by atoms with E-state index in [0.717, 1.165) is 11.1 Å². The van der Waals surface area contributed by atoms with E-state index in [0.29, 0.717) is 16.8 Å². The fraction of sp³-hybridized carbons (Fsp3) is 0.375. The Hall–Kier alpha value is -2.79. The number of aliphatic hydroxyl groups is 1. The second-order valence-electron chi connectivity index (χ2n) is 8.21. The number of carbonyl (C=O) groups is 3. The van der Waals surface area contributed by atoms with Crippen molar-refractivity contribution in [3.05, 3.63) is 64.2 Å². The lowest BCUT2D eigenvalue weighted by Gasteiger charge is -2.25. The third-order valence-electron chi connectivity index (χ3n) is 5.45. The fourth-order valence-corrected chi connectivity index (χ4v) is 3.85. The van der Waals surface area contributed by atoms with Gasteiger partial charge in [0.25, 0.3) is 11.8 Å². The fourth-order valence-electron chi connectivity index (χ4n) is 3.85. The summed E-state index contributed by atoms with van der Waals surface area (Å²) in [7, 11) is 0. The first-order valence-corrected chi connectivity index (χ1v) is 9.97. The summed E-state index contributed by atoms with van der Waals surface area (Å²) in [6.45, 7) is 9.46. The number of fused-ring (bicyclic) bond motifs is 1. The van der Waals surface area contributed by atoms with Crippen molar-refractivity contribution >= 4 is 23.3 Å². The molecule has 1 aliphatic heterocycles. The smallest absolute Gasteiger partial charge is 0.266 e. The first kappa shape index (κ1) is 20.9. The SMILES string of the molecule is CC(=O)C(O)Cc1cccc2c1C(=O)N(c1c(C(C)C)cccc1C(C)C)C2=O. The second kappa shape index (κ2) is 7.91. The van der Waals surface area contributed by atoms with Gasteiger partial charge < -0.3 is 5.11 Å². The summed E-state index contributed by atoms with van der Waals surface area (Å²) in [5.41, 5.74) is 3.65. The Morgan fingerprint density at radius 2 is 1.48 bits per heavy atom. The quantitative estimate of drug-likeness (QED) is 0.746. The third kappa shape index (κ3) is 3.62. The number of ketones is 1. The molecule has 0 saturated heterocycles.